The highest BCUT2D eigenvalue weighted by molar-refractivity contribution is 7.92. The van der Waals surface area contributed by atoms with Crippen molar-refractivity contribution >= 4 is 32.5 Å². The molecule has 0 aliphatic rings. The van der Waals surface area contributed by atoms with Crippen LogP contribution < -0.4 is 10.0 Å². The summed E-state index contributed by atoms with van der Waals surface area (Å²) in [5.41, 5.74) is 0.543. The molecule has 0 saturated heterocycles. The zero-order chi connectivity index (χ0) is 23.8. The number of anilines is 1. The van der Waals surface area contributed by atoms with E-state index in [0.29, 0.717) is 16.8 Å². The number of pyridine rings is 1. The van der Waals surface area contributed by atoms with Crippen molar-refractivity contribution in [2.45, 2.75) is 26.1 Å². The number of alkyl halides is 3. The van der Waals surface area contributed by atoms with Crippen molar-refractivity contribution in [3.05, 3.63) is 64.8 Å². The number of carbonyl (C=O) groups is 1. The summed E-state index contributed by atoms with van der Waals surface area (Å²) in [5, 5.41) is 13.1. The van der Waals surface area contributed by atoms with Crippen LogP contribution in [0.4, 0.5) is 18.9 Å². The molecule has 0 saturated carbocycles. The van der Waals surface area contributed by atoms with Gasteiger partial charge in [-0.3, -0.25) is 14.5 Å². The minimum atomic E-state index is -4.55. The number of halogens is 3. The maximum atomic E-state index is 12.9. The van der Waals surface area contributed by atoms with Crippen molar-refractivity contribution in [2.75, 3.05) is 11.0 Å². The van der Waals surface area contributed by atoms with Crippen molar-refractivity contribution in [3.8, 4) is 5.75 Å². The van der Waals surface area contributed by atoms with E-state index < -0.39 is 39.5 Å². The van der Waals surface area contributed by atoms with Crippen molar-refractivity contribution in [1.29, 1.82) is 0 Å². The third kappa shape index (κ3) is 5.10. The smallest absolute Gasteiger partial charge is 0.416 e. The van der Waals surface area contributed by atoms with Gasteiger partial charge in [0, 0.05) is 11.6 Å². The molecule has 3 N–H and O–H groups in total. The van der Waals surface area contributed by atoms with E-state index in [-0.39, 0.29) is 16.5 Å². The molecule has 7 nitrogen and oxygen atoms in total. The Morgan fingerprint density at radius 3 is 2.44 bits per heavy atom. The number of aryl methyl sites for hydroxylation is 1. The van der Waals surface area contributed by atoms with E-state index in [1.807, 2.05) is 0 Å². The van der Waals surface area contributed by atoms with Crippen LogP contribution in [0.15, 0.2) is 42.6 Å². The molecular weight excluding hydrogens is 447 g/mol. The molecule has 0 aliphatic heterocycles. The van der Waals surface area contributed by atoms with Crippen molar-refractivity contribution in [2.24, 2.45) is 0 Å². The van der Waals surface area contributed by atoms with Gasteiger partial charge in [-0.05, 0) is 49.2 Å². The fourth-order valence-corrected chi connectivity index (χ4v) is 3.78. The fourth-order valence-electron chi connectivity index (χ4n) is 3.15. The van der Waals surface area contributed by atoms with Gasteiger partial charge >= 0.3 is 6.18 Å². The van der Waals surface area contributed by atoms with E-state index in [2.05, 4.69) is 15.0 Å². The Balaban J connectivity index is 1.83. The van der Waals surface area contributed by atoms with Gasteiger partial charge in [0.25, 0.3) is 5.91 Å². The molecule has 0 unspecified atom stereocenters. The molecule has 11 heteroatoms. The third-order valence-electron chi connectivity index (χ3n) is 4.81. The molecule has 0 radical (unpaired) electrons. The van der Waals surface area contributed by atoms with Crippen LogP contribution in [0.2, 0.25) is 0 Å². The molecule has 0 bridgehead atoms. The number of aromatic hydroxyl groups is 1. The van der Waals surface area contributed by atoms with Crippen LogP contribution in [-0.2, 0) is 16.2 Å². The average Bonchev–Trinajstić information content (AvgIpc) is 2.67. The van der Waals surface area contributed by atoms with Crippen LogP contribution in [0.3, 0.4) is 0 Å². The van der Waals surface area contributed by atoms with Crippen LogP contribution >= 0.6 is 0 Å². The maximum absolute atomic E-state index is 12.9. The number of rotatable bonds is 5. The van der Waals surface area contributed by atoms with Gasteiger partial charge in [0.15, 0.2) is 0 Å². The maximum Gasteiger partial charge on any atom is 0.416 e. The van der Waals surface area contributed by atoms with Gasteiger partial charge in [0.05, 0.1) is 29.1 Å². The number of amides is 1. The SMILES string of the molecule is Cc1cc([C@@H](C)NC(=O)c2cnc3cc(C(F)(F)F)ccc3c2O)ccc1NS(C)(=O)=O. The lowest BCUT2D eigenvalue weighted by Crippen LogP contribution is -2.27. The number of nitrogens with one attached hydrogen (secondary N) is 2. The molecule has 170 valence electrons. The standard InChI is InChI=1S/C21H20F3N3O4S/c1-11-8-13(4-7-17(11)27-32(3,30)31)12(2)26-20(29)16-10-25-18-9-14(21(22,23)24)5-6-15(18)19(16)28/h4-10,12,27H,1-3H3,(H,25,28)(H,26,29)/t12-/m1/s1. The number of carbonyl (C=O) groups excluding carboxylic acids is 1. The lowest BCUT2D eigenvalue weighted by Gasteiger charge is -2.17. The normalized spacial score (nSPS) is 13.1. The quantitative estimate of drug-likeness (QED) is 0.523. The van der Waals surface area contributed by atoms with Gasteiger partial charge in [0.2, 0.25) is 10.0 Å². The van der Waals surface area contributed by atoms with Gasteiger partial charge in [-0.15, -0.1) is 0 Å². The predicted molar refractivity (Wildman–Crippen MR) is 114 cm³/mol. The zero-order valence-corrected chi connectivity index (χ0v) is 18.1. The molecule has 1 aromatic heterocycles. The average molecular weight is 467 g/mol. The van der Waals surface area contributed by atoms with Crippen molar-refractivity contribution in [3.63, 3.8) is 0 Å². The van der Waals surface area contributed by atoms with Gasteiger partial charge in [-0.1, -0.05) is 12.1 Å². The van der Waals surface area contributed by atoms with E-state index in [9.17, 15) is 31.5 Å². The molecule has 2 aromatic carbocycles. The van der Waals surface area contributed by atoms with Crippen LogP contribution in [-0.4, -0.2) is 30.7 Å². The van der Waals surface area contributed by atoms with E-state index in [0.717, 1.165) is 30.7 Å². The molecule has 0 fully saturated rings. The molecular formula is C21H20F3N3O4S. The van der Waals surface area contributed by atoms with Crippen molar-refractivity contribution < 1.29 is 31.5 Å². The number of hydrogen-bond donors (Lipinski definition) is 3. The highest BCUT2D eigenvalue weighted by Gasteiger charge is 2.31. The largest absolute Gasteiger partial charge is 0.506 e. The number of aromatic nitrogens is 1. The Labute approximate surface area is 182 Å². The highest BCUT2D eigenvalue weighted by atomic mass is 32.2. The molecule has 3 aromatic rings. The second kappa shape index (κ2) is 8.30. The predicted octanol–water partition coefficient (Wildman–Crippen LogP) is 4.13. The first kappa shape index (κ1) is 23.3. The van der Waals surface area contributed by atoms with Gasteiger partial charge in [-0.25, -0.2) is 8.42 Å². The first-order chi connectivity index (χ1) is 14.8. The summed E-state index contributed by atoms with van der Waals surface area (Å²) in [5.74, 6) is -1.14. The molecule has 1 atom stereocenters. The highest BCUT2D eigenvalue weighted by Crippen LogP contribution is 2.34. The molecule has 1 heterocycles. The zero-order valence-electron chi connectivity index (χ0n) is 17.3. The molecule has 1 amide bonds. The first-order valence-electron chi connectivity index (χ1n) is 9.34. The summed E-state index contributed by atoms with van der Waals surface area (Å²) >= 11 is 0. The van der Waals surface area contributed by atoms with Crippen LogP contribution in [0.5, 0.6) is 5.75 Å². The Morgan fingerprint density at radius 2 is 1.84 bits per heavy atom. The minimum Gasteiger partial charge on any atom is -0.506 e. The van der Waals surface area contributed by atoms with E-state index in [1.165, 1.54) is 0 Å². The number of hydrogen-bond acceptors (Lipinski definition) is 5. The summed E-state index contributed by atoms with van der Waals surface area (Å²) in [7, 11) is -3.44. The minimum absolute atomic E-state index is 0.0188. The Hall–Kier alpha value is -3.34. The van der Waals surface area contributed by atoms with Gasteiger partial charge in [0.1, 0.15) is 11.3 Å². The molecule has 3 rings (SSSR count). The van der Waals surface area contributed by atoms with Crippen molar-refractivity contribution in [1.82, 2.24) is 10.3 Å². The monoisotopic (exact) mass is 467 g/mol. The number of sulfonamides is 1. The second-order valence-electron chi connectivity index (χ2n) is 7.39. The van der Waals surface area contributed by atoms with E-state index in [4.69, 9.17) is 0 Å². The Bertz CT molecular complexity index is 1310. The van der Waals surface area contributed by atoms with Gasteiger partial charge < -0.3 is 10.4 Å². The van der Waals surface area contributed by atoms with E-state index in [1.54, 1.807) is 32.0 Å². The summed E-state index contributed by atoms with van der Waals surface area (Å²) < 4.78 is 63.8. The Morgan fingerprint density at radius 1 is 1.16 bits per heavy atom. The number of nitrogens with zero attached hydrogens (tertiary/aromatic N) is 1. The summed E-state index contributed by atoms with van der Waals surface area (Å²) in [6.07, 6.45) is -2.50. The van der Waals surface area contributed by atoms with Crippen LogP contribution in [0.1, 0.15) is 40.0 Å². The third-order valence-corrected chi connectivity index (χ3v) is 5.40. The molecule has 32 heavy (non-hydrogen) atoms. The summed E-state index contributed by atoms with van der Waals surface area (Å²) in [4.78, 5) is 16.6. The van der Waals surface area contributed by atoms with Gasteiger partial charge in [-0.2, -0.15) is 13.2 Å². The first-order valence-corrected chi connectivity index (χ1v) is 11.2. The lowest BCUT2D eigenvalue weighted by molar-refractivity contribution is -0.137. The summed E-state index contributed by atoms with van der Waals surface area (Å²) in [6.45, 7) is 3.40. The topological polar surface area (TPSA) is 108 Å². The summed E-state index contributed by atoms with van der Waals surface area (Å²) in [6, 6.07) is 7.07. The number of fused-ring (bicyclic) bond motifs is 1. The van der Waals surface area contributed by atoms with Crippen LogP contribution in [0, 0.1) is 6.92 Å². The van der Waals surface area contributed by atoms with E-state index >= 15 is 0 Å². The molecule has 0 aliphatic carbocycles. The molecule has 0 spiro atoms. The lowest BCUT2D eigenvalue weighted by atomic mass is 10.0. The van der Waals surface area contributed by atoms with Crippen LogP contribution in [0.25, 0.3) is 10.9 Å². The fraction of sp³-hybridized carbons (Fsp3) is 0.238. The number of benzene rings is 2. The second-order valence-corrected chi connectivity index (χ2v) is 9.14. The Kier molecular flexibility index (Phi) is 6.05.